The molecule has 3 amide bonds. The van der Waals surface area contributed by atoms with Gasteiger partial charge < -0.3 is 0 Å². The predicted molar refractivity (Wildman–Crippen MR) is 125 cm³/mol. The van der Waals surface area contributed by atoms with Crippen molar-refractivity contribution in [2.24, 2.45) is 0 Å². The minimum absolute atomic E-state index is 0.0921. The third-order valence-electron chi connectivity index (χ3n) is 5.48. The minimum atomic E-state index is -0.256. The van der Waals surface area contributed by atoms with Crippen molar-refractivity contribution in [1.29, 1.82) is 0 Å². The van der Waals surface area contributed by atoms with Crippen molar-refractivity contribution in [3.05, 3.63) is 70.6 Å². The van der Waals surface area contributed by atoms with Crippen molar-refractivity contribution >= 4 is 34.2 Å². The van der Waals surface area contributed by atoms with Gasteiger partial charge in [0, 0.05) is 29.3 Å². The highest BCUT2D eigenvalue weighted by molar-refractivity contribution is 7.14. The lowest BCUT2D eigenvalue weighted by Gasteiger charge is -2.18. The number of imide groups is 1. The van der Waals surface area contributed by atoms with E-state index in [1.165, 1.54) is 21.8 Å². The molecular formula is C25H25N3O3S. The molecule has 1 aromatic heterocycles. The molecule has 3 aromatic rings. The Morgan fingerprint density at radius 3 is 2.22 bits per heavy atom. The molecule has 0 bridgehead atoms. The standard InChI is InChI=1S/C25H25N3O3S/c1-25(2,3)19-10-8-17(9-11-19)20-15-32-24(26-20)27-23(31)18-6-4-16(5-7-18)14-28-21(29)12-13-22(28)30/h4-11,15H,12-14H2,1-3H3,(H,26,27,31). The molecule has 1 aliphatic heterocycles. The Bertz CT molecular complexity index is 1140. The van der Waals surface area contributed by atoms with E-state index < -0.39 is 0 Å². The van der Waals surface area contributed by atoms with Gasteiger partial charge in [0.25, 0.3) is 5.91 Å². The Morgan fingerprint density at radius 2 is 1.62 bits per heavy atom. The molecule has 0 atom stereocenters. The van der Waals surface area contributed by atoms with Crippen molar-refractivity contribution in [2.75, 3.05) is 5.32 Å². The number of aromatic nitrogens is 1. The van der Waals surface area contributed by atoms with Gasteiger partial charge in [-0.2, -0.15) is 0 Å². The molecule has 32 heavy (non-hydrogen) atoms. The first kappa shape index (κ1) is 21.9. The number of likely N-dealkylation sites (tertiary alicyclic amines) is 1. The molecule has 0 radical (unpaired) electrons. The average molecular weight is 448 g/mol. The topological polar surface area (TPSA) is 79.4 Å². The Morgan fingerprint density at radius 1 is 1.00 bits per heavy atom. The number of carbonyl (C=O) groups excluding carboxylic acids is 3. The Kier molecular flexibility index (Phi) is 5.93. The van der Waals surface area contributed by atoms with Crippen LogP contribution in [0.15, 0.2) is 53.9 Å². The zero-order chi connectivity index (χ0) is 22.9. The van der Waals surface area contributed by atoms with E-state index in [4.69, 9.17) is 0 Å². The van der Waals surface area contributed by atoms with Crippen LogP contribution in [0.2, 0.25) is 0 Å². The molecule has 0 aliphatic carbocycles. The van der Waals surface area contributed by atoms with Crippen LogP contribution in [-0.2, 0) is 21.5 Å². The number of hydrogen-bond donors (Lipinski definition) is 1. The predicted octanol–water partition coefficient (Wildman–Crippen LogP) is 5.01. The van der Waals surface area contributed by atoms with Crippen molar-refractivity contribution < 1.29 is 14.4 Å². The molecule has 7 heteroatoms. The first-order valence-corrected chi connectivity index (χ1v) is 11.4. The van der Waals surface area contributed by atoms with Crippen molar-refractivity contribution in [3.8, 4) is 11.3 Å². The van der Waals surface area contributed by atoms with E-state index in [9.17, 15) is 14.4 Å². The maximum Gasteiger partial charge on any atom is 0.257 e. The number of amides is 3. The summed E-state index contributed by atoms with van der Waals surface area (Å²) >= 11 is 1.38. The lowest BCUT2D eigenvalue weighted by Crippen LogP contribution is -2.28. The second kappa shape index (κ2) is 8.67. The molecule has 4 rings (SSSR count). The summed E-state index contributed by atoms with van der Waals surface area (Å²) in [6, 6.07) is 15.2. The number of benzene rings is 2. The van der Waals surface area contributed by atoms with Gasteiger partial charge in [-0.3, -0.25) is 24.6 Å². The van der Waals surface area contributed by atoms with Crippen molar-refractivity contribution in [3.63, 3.8) is 0 Å². The normalized spacial score (nSPS) is 14.2. The highest BCUT2D eigenvalue weighted by Crippen LogP contribution is 2.28. The minimum Gasteiger partial charge on any atom is -0.298 e. The van der Waals surface area contributed by atoms with Gasteiger partial charge in [0.05, 0.1) is 12.2 Å². The first-order chi connectivity index (χ1) is 15.2. The van der Waals surface area contributed by atoms with E-state index >= 15 is 0 Å². The quantitative estimate of drug-likeness (QED) is 0.558. The smallest absolute Gasteiger partial charge is 0.257 e. The molecular weight excluding hydrogens is 422 g/mol. The summed E-state index contributed by atoms with van der Waals surface area (Å²) in [7, 11) is 0. The van der Waals surface area contributed by atoms with Crippen LogP contribution < -0.4 is 5.32 Å². The fraction of sp³-hybridized carbons (Fsp3) is 0.280. The van der Waals surface area contributed by atoms with Crippen LogP contribution in [0, 0.1) is 0 Å². The average Bonchev–Trinajstić information content (AvgIpc) is 3.35. The molecule has 6 nitrogen and oxygen atoms in total. The van der Waals surface area contributed by atoms with Crippen LogP contribution in [0.4, 0.5) is 5.13 Å². The van der Waals surface area contributed by atoms with Crippen LogP contribution in [-0.4, -0.2) is 27.6 Å². The Hall–Kier alpha value is -3.32. The maximum absolute atomic E-state index is 12.6. The summed E-state index contributed by atoms with van der Waals surface area (Å²) in [4.78, 5) is 42.0. The van der Waals surface area contributed by atoms with E-state index in [2.05, 4.69) is 55.3 Å². The van der Waals surface area contributed by atoms with E-state index in [-0.39, 0.29) is 42.5 Å². The maximum atomic E-state index is 12.6. The Labute approximate surface area is 191 Å². The van der Waals surface area contributed by atoms with Gasteiger partial charge in [0.1, 0.15) is 0 Å². The van der Waals surface area contributed by atoms with Gasteiger partial charge in [-0.05, 0) is 28.7 Å². The largest absolute Gasteiger partial charge is 0.298 e. The lowest BCUT2D eigenvalue weighted by atomic mass is 9.86. The zero-order valence-corrected chi connectivity index (χ0v) is 19.2. The number of thiazole rings is 1. The van der Waals surface area contributed by atoms with E-state index in [0.717, 1.165) is 16.8 Å². The SMILES string of the molecule is CC(C)(C)c1ccc(-c2csc(NC(=O)c3ccc(CN4C(=O)CCC4=O)cc3)n2)cc1. The highest BCUT2D eigenvalue weighted by Gasteiger charge is 2.28. The van der Waals surface area contributed by atoms with Crippen LogP contribution in [0.5, 0.6) is 0 Å². The molecule has 1 saturated heterocycles. The fourth-order valence-corrected chi connectivity index (χ4v) is 4.23. The number of carbonyl (C=O) groups is 3. The highest BCUT2D eigenvalue weighted by atomic mass is 32.1. The van der Waals surface area contributed by atoms with Crippen LogP contribution >= 0.6 is 11.3 Å². The van der Waals surface area contributed by atoms with Gasteiger partial charge in [-0.25, -0.2) is 4.98 Å². The van der Waals surface area contributed by atoms with E-state index in [0.29, 0.717) is 10.7 Å². The summed E-state index contributed by atoms with van der Waals surface area (Å²) in [6.07, 6.45) is 0.547. The fourth-order valence-electron chi connectivity index (χ4n) is 3.52. The number of nitrogens with one attached hydrogen (secondary N) is 1. The summed E-state index contributed by atoms with van der Waals surface area (Å²) in [5.74, 6) is -0.553. The molecule has 2 aromatic carbocycles. The monoisotopic (exact) mass is 447 g/mol. The zero-order valence-electron chi connectivity index (χ0n) is 18.3. The number of nitrogens with zero attached hydrogens (tertiary/aromatic N) is 2. The molecule has 0 saturated carbocycles. The molecule has 1 N–H and O–H groups in total. The van der Waals surface area contributed by atoms with Gasteiger partial charge in [0.15, 0.2) is 5.13 Å². The Balaban J connectivity index is 1.40. The molecule has 164 valence electrons. The van der Waals surface area contributed by atoms with Gasteiger partial charge in [-0.15, -0.1) is 11.3 Å². The second-order valence-electron chi connectivity index (χ2n) is 8.89. The number of hydrogen-bond acceptors (Lipinski definition) is 5. The van der Waals surface area contributed by atoms with Gasteiger partial charge >= 0.3 is 0 Å². The number of rotatable bonds is 5. The summed E-state index contributed by atoms with van der Waals surface area (Å²) in [5.41, 5.74) is 4.46. The second-order valence-corrected chi connectivity index (χ2v) is 9.75. The third-order valence-corrected chi connectivity index (χ3v) is 6.24. The molecule has 1 aliphatic rings. The molecule has 2 heterocycles. The lowest BCUT2D eigenvalue weighted by molar-refractivity contribution is -0.139. The van der Waals surface area contributed by atoms with Crippen LogP contribution in [0.3, 0.4) is 0 Å². The van der Waals surface area contributed by atoms with Crippen molar-refractivity contribution in [2.45, 2.75) is 45.6 Å². The summed E-state index contributed by atoms with van der Waals surface area (Å²) in [6.45, 7) is 6.77. The third kappa shape index (κ3) is 4.78. The molecule has 1 fully saturated rings. The summed E-state index contributed by atoms with van der Waals surface area (Å²) < 4.78 is 0. The number of anilines is 1. The van der Waals surface area contributed by atoms with Crippen LogP contribution in [0.25, 0.3) is 11.3 Å². The van der Waals surface area contributed by atoms with E-state index in [1.54, 1.807) is 24.3 Å². The van der Waals surface area contributed by atoms with E-state index in [1.807, 2.05) is 5.38 Å². The van der Waals surface area contributed by atoms with Crippen LogP contribution in [0.1, 0.15) is 55.1 Å². The summed E-state index contributed by atoms with van der Waals surface area (Å²) in [5, 5.41) is 5.30. The first-order valence-electron chi connectivity index (χ1n) is 10.5. The van der Waals surface area contributed by atoms with Crippen molar-refractivity contribution in [1.82, 2.24) is 9.88 Å². The molecule has 0 unspecified atom stereocenters. The molecule has 0 spiro atoms. The van der Waals surface area contributed by atoms with Gasteiger partial charge in [-0.1, -0.05) is 57.2 Å². The van der Waals surface area contributed by atoms with Gasteiger partial charge in [0.2, 0.25) is 11.8 Å².